The van der Waals surface area contributed by atoms with Gasteiger partial charge in [-0.15, -0.1) is 0 Å². The van der Waals surface area contributed by atoms with E-state index < -0.39 is 74.6 Å². The zero-order valence-electron chi connectivity index (χ0n) is 53.0. The molecule has 28 atom stereocenters. The molecule has 0 aromatic rings. The summed E-state index contributed by atoms with van der Waals surface area (Å²) in [7, 11) is 0. The quantitative estimate of drug-likeness (QED) is 0.0605. The number of fused-ring (bicyclic) bond motifs is 10. The molecule has 0 aromatic heterocycles. The van der Waals surface area contributed by atoms with Gasteiger partial charge in [0.15, 0.2) is 12.6 Å². The second kappa shape index (κ2) is 26.4. The monoisotopic (exact) mass is 1150 g/mol. The third-order valence-corrected chi connectivity index (χ3v) is 26.6. The third-order valence-electron chi connectivity index (χ3n) is 26.6. The highest BCUT2D eigenvalue weighted by Crippen LogP contribution is 2.69. The van der Waals surface area contributed by atoms with Gasteiger partial charge in [-0.05, 0) is 234 Å². The molecule has 0 amide bonds. The van der Waals surface area contributed by atoms with Crippen LogP contribution in [0.1, 0.15) is 217 Å². The van der Waals surface area contributed by atoms with Gasteiger partial charge >= 0.3 is 0 Å². The van der Waals surface area contributed by atoms with Gasteiger partial charge in [0.2, 0.25) is 0 Å². The molecule has 470 valence electrons. The Bertz CT molecular complexity index is 2180. The SMILES string of the molecule is C=C(C)[C@H](CC)CC[C@@H](C)[C@H]1CC[C@H]2[C@@H]3CC=C4C[C@@H](O[C@@H]5O[C@H](CO)[C@@H](O)[C@H](O)[C@H]5O)CC[C@]4(C)[C@H]3CC[C@]12C.CC[C@H](CC[C@@H](C)[C@H]1CC[C@H]2[C@@H]3CC=C4C[C@@H](O[C@@H]5O[C@H](CO)[C@@H](O)[C@H](O)[C@H]5O)CC[C@]4(C)[C@H]3CC[C@]12C)C(C)C. The zero-order valence-corrected chi connectivity index (χ0v) is 53.0. The summed E-state index contributed by atoms with van der Waals surface area (Å²) in [5, 5.41) is 80.8. The highest BCUT2D eigenvalue weighted by atomic mass is 16.7. The van der Waals surface area contributed by atoms with Crippen LogP contribution in [0.4, 0.5) is 0 Å². The van der Waals surface area contributed by atoms with Crippen molar-refractivity contribution < 1.29 is 59.8 Å². The van der Waals surface area contributed by atoms with Crippen molar-refractivity contribution in [2.45, 2.75) is 291 Å². The van der Waals surface area contributed by atoms with Crippen LogP contribution < -0.4 is 0 Å². The molecule has 8 N–H and O–H groups in total. The van der Waals surface area contributed by atoms with Crippen LogP contribution in [-0.2, 0) is 18.9 Å². The summed E-state index contributed by atoms with van der Waals surface area (Å²) < 4.78 is 23.8. The summed E-state index contributed by atoms with van der Waals surface area (Å²) >= 11 is 0. The molecule has 0 spiro atoms. The molecule has 6 saturated carbocycles. The summed E-state index contributed by atoms with van der Waals surface area (Å²) in [6.07, 6.45) is 19.4. The molecule has 12 heteroatoms. The van der Waals surface area contributed by atoms with E-state index >= 15 is 0 Å². The van der Waals surface area contributed by atoms with Crippen molar-refractivity contribution >= 4 is 0 Å². The van der Waals surface area contributed by atoms with Crippen molar-refractivity contribution in [2.24, 2.45) is 98.6 Å². The lowest BCUT2D eigenvalue weighted by molar-refractivity contribution is -0.313. The summed E-state index contributed by atoms with van der Waals surface area (Å²) in [5.41, 5.74) is 5.68. The van der Waals surface area contributed by atoms with Gasteiger partial charge in [-0.3, -0.25) is 0 Å². The molecular weight excluding hydrogens is 1030 g/mol. The second-order valence-corrected chi connectivity index (χ2v) is 30.8. The molecule has 2 aliphatic heterocycles. The molecule has 0 bridgehead atoms. The van der Waals surface area contributed by atoms with E-state index in [1.54, 1.807) is 0 Å². The van der Waals surface area contributed by atoms with E-state index in [0.717, 1.165) is 116 Å². The van der Waals surface area contributed by atoms with Crippen LogP contribution >= 0.6 is 0 Å². The summed E-state index contributed by atoms with van der Waals surface area (Å²) in [6.45, 7) is 30.5. The van der Waals surface area contributed by atoms with E-state index in [-0.39, 0.29) is 23.0 Å². The number of aliphatic hydroxyl groups is 8. The molecular formula is C70H118O12. The molecule has 2 heterocycles. The largest absolute Gasteiger partial charge is 0.394 e. The molecule has 0 unspecified atom stereocenters. The van der Waals surface area contributed by atoms with E-state index in [2.05, 4.69) is 94.9 Å². The maximum absolute atomic E-state index is 10.5. The van der Waals surface area contributed by atoms with Crippen molar-refractivity contribution in [3.63, 3.8) is 0 Å². The van der Waals surface area contributed by atoms with Gasteiger partial charge in [-0.2, -0.15) is 0 Å². The fourth-order valence-electron chi connectivity index (χ4n) is 21.3. The van der Waals surface area contributed by atoms with Crippen LogP contribution in [0.5, 0.6) is 0 Å². The predicted molar refractivity (Wildman–Crippen MR) is 322 cm³/mol. The average Bonchev–Trinajstić information content (AvgIpc) is 2.62. The van der Waals surface area contributed by atoms with Crippen molar-refractivity contribution in [1.82, 2.24) is 0 Å². The van der Waals surface area contributed by atoms with Crippen molar-refractivity contribution in [2.75, 3.05) is 13.2 Å². The van der Waals surface area contributed by atoms with Gasteiger partial charge in [0.1, 0.15) is 48.8 Å². The van der Waals surface area contributed by atoms with Crippen LogP contribution in [0.15, 0.2) is 35.5 Å². The highest BCUT2D eigenvalue weighted by molar-refractivity contribution is 5.27. The smallest absolute Gasteiger partial charge is 0.186 e. The summed E-state index contributed by atoms with van der Waals surface area (Å²) in [4.78, 5) is 0. The standard InChI is InChI=1S/C35H60O6.C35H58O6/c2*1-7-22(20(2)3)9-8-21(4)26-12-13-27-25-11-10-23-18-24(14-16-34(23,5)28(25)15-17-35(26,27)6)40-33-32(39)31(38)30(37)29(19-36)41-33/h10,20-22,24-33,36-39H,7-9,11-19H2,1-6H3;10,21-22,24-33,36-39H,2,7-9,11-19H2,1,3-6H3/t2*21-,22-,24+,25+,26-,27+,28+,29-,30-,31+,32-,33-,34+,35-/m11/s1. The first-order valence-corrected chi connectivity index (χ1v) is 33.8. The first-order chi connectivity index (χ1) is 38.9. The minimum atomic E-state index is -1.40. The number of hydrogen-bond donors (Lipinski definition) is 8. The Kier molecular flexibility index (Phi) is 21.0. The number of ether oxygens (including phenoxy) is 4. The Morgan fingerprint density at radius 1 is 0.549 bits per heavy atom. The van der Waals surface area contributed by atoms with Crippen LogP contribution in [0.2, 0.25) is 0 Å². The van der Waals surface area contributed by atoms with E-state index in [1.165, 1.54) is 113 Å². The number of hydrogen-bond acceptors (Lipinski definition) is 12. The van der Waals surface area contributed by atoms with Crippen molar-refractivity contribution in [1.29, 1.82) is 0 Å². The molecule has 0 aromatic carbocycles. The molecule has 2 saturated heterocycles. The maximum Gasteiger partial charge on any atom is 0.186 e. The lowest BCUT2D eigenvalue weighted by Gasteiger charge is -2.58. The molecule has 0 radical (unpaired) electrons. The van der Waals surface area contributed by atoms with Gasteiger partial charge in [0, 0.05) is 0 Å². The maximum atomic E-state index is 10.5. The number of rotatable bonds is 18. The molecule has 12 nitrogen and oxygen atoms in total. The van der Waals surface area contributed by atoms with E-state index in [1.807, 2.05) is 0 Å². The van der Waals surface area contributed by atoms with Crippen molar-refractivity contribution in [3.05, 3.63) is 35.5 Å². The second-order valence-electron chi connectivity index (χ2n) is 30.8. The van der Waals surface area contributed by atoms with Gasteiger partial charge in [-0.1, -0.05) is 118 Å². The Morgan fingerprint density at radius 3 is 1.35 bits per heavy atom. The predicted octanol–water partition coefficient (Wildman–Crippen LogP) is 11.6. The minimum absolute atomic E-state index is 0.101. The molecule has 82 heavy (non-hydrogen) atoms. The highest BCUT2D eigenvalue weighted by Gasteiger charge is 2.62. The first kappa shape index (κ1) is 65.2. The van der Waals surface area contributed by atoms with Crippen LogP contribution in [0, 0.1) is 98.6 Å². The van der Waals surface area contributed by atoms with Gasteiger partial charge in [0.25, 0.3) is 0 Å². The lowest BCUT2D eigenvalue weighted by atomic mass is 9.47. The summed E-state index contributed by atoms with van der Waals surface area (Å²) in [5.74, 6) is 10.2. The van der Waals surface area contributed by atoms with Gasteiger partial charge < -0.3 is 59.8 Å². The van der Waals surface area contributed by atoms with Gasteiger partial charge in [-0.25, -0.2) is 0 Å². The molecule has 8 aliphatic carbocycles. The van der Waals surface area contributed by atoms with Crippen LogP contribution in [0.3, 0.4) is 0 Å². The molecule has 8 fully saturated rings. The van der Waals surface area contributed by atoms with Crippen molar-refractivity contribution in [3.8, 4) is 0 Å². The van der Waals surface area contributed by atoms with Crippen LogP contribution in [-0.4, -0.2) is 128 Å². The average molecular weight is 1150 g/mol. The van der Waals surface area contributed by atoms with Gasteiger partial charge in [0.05, 0.1) is 25.4 Å². The number of aliphatic hydroxyl groups excluding tert-OH is 8. The fourth-order valence-corrected chi connectivity index (χ4v) is 21.3. The molecule has 10 rings (SSSR count). The minimum Gasteiger partial charge on any atom is -0.394 e. The lowest BCUT2D eigenvalue weighted by Crippen LogP contribution is -2.60. The molecule has 10 aliphatic rings. The topological polar surface area (TPSA) is 199 Å². The Balaban J connectivity index is 0.000000198. The van der Waals surface area contributed by atoms with E-state index in [9.17, 15) is 40.9 Å². The third kappa shape index (κ3) is 12.3. The Hall–Kier alpha value is -1.26. The van der Waals surface area contributed by atoms with E-state index in [4.69, 9.17) is 18.9 Å². The van der Waals surface area contributed by atoms with E-state index in [0.29, 0.717) is 16.7 Å². The normalized spacial score (nSPS) is 47.6. The Morgan fingerprint density at radius 2 is 0.976 bits per heavy atom. The number of allylic oxidation sites excluding steroid dienone is 3. The summed E-state index contributed by atoms with van der Waals surface area (Å²) in [6, 6.07) is 0. The fraction of sp³-hybridized carbons (Fsp3) is 0.914. The first-order valence-electron chi connectivity index (χ1n) is 33.8. The van der Waals surface area contributed by atoms with Crippen LogP contribution in [0.25, 0.3) is 0 Å². The Labute approximate surface area is 496 Å². The zero-order chi connectivity index (χ0) is 59.4.